The molecule has 0 bridgehead atoms. The third kappa shape index (κ3) is 4.01. The van der Waals surface area contributed by atoms with Crippen molar-refractivity contribution in [1.82, 2.24) is 0 Å². The third-order valence-electron chi connectivity index (χ3n) is 3.70. The summed E-state index contributed by atoms with van der Waals surface area (Å²) in [5.41, 5.74) is 6.45. The Labute approximate surface area is 123 Å². The van der Waals surface area contributed by atoms with Crippen LogP contribution in [0.2, 0.25) is 0 Å². The van der Waals surface area contributed by atoms with Gasteiger partial charge in [-0.1, -0.05) is 12.8 Å². The van der Waals surface area contributed by atoms with Crippen LogP contribution < -0.4 is 16.4 Å². The lowest BCUT2D eigenvalue weighted by atomic mass is 9.84. The van der Waals surface area contributed by atoms with E-state index in [-0.39, 0.29) is 29.5 Å². The first-order valence-electron chi connectivity index (χ1n) is 7.11. The van der Waals surface area contributed by atoms with Gasteiger partial charge in [0.15, 0.2) is 0 Å². The molecule has 2 rings (SSSR count). The van der Waals surface area contributed by atoms with E-state index in [1.807, 2.05) is 0 Å². The van der Waals surface area contributed by atoms with E-state index in [1.54, 1.807) is 0 Å². The molecule has 1 aromatic carbocycles. The van der Waals surface area contributed by atoms with Crippen LogP contribution in [0.3, 0.4) is 0 Å². The van der Waals surface area contributed by atoms with Gasteiger partial charge in [-0.25, -0.2) is 4.39 Å². The van der Waals surface area contributed by atoms with Gasteiger partial charge in [-0.3, -0.25) is 9.59 Å². The molecule has 0 aliphatic heterocycles. The van der Waals surface area contributed by atoms with Gasteiger partial charge in [-0.15, -0.1) is 0 Å². The number of benzene rings is 1. The highest BCUT2D eigenvalue weighted by atomic mass is 19.1. The van der Waals surface area contributed by atoms with Gasteiger partial charge in [0.05, 0.1) is 11.6 Å². The summed E-state index contributed by atoms with van der Waals surface area (Å²) in [7, 11) is 0. The fourth-order valence-electron chi connectivity index (χ4n) is 2.61. The molecule has 2 unspecified atom stereocenters. The molecule has 21 heavy (non-hydrogen) atoms. The third-order valence-corrected chi connectivity index (χ3v) is 3.70. The van der Waals surface area contributed by atoms with Crippen LogP contribution in [0.4, 0.5) is 15.8 Å². The molecule has 1 aliphatic rings. The maximum absolute atomic E-state index is 13.8. The molecule has 1 aromatic rings. The normalized spacial score (nSPS) is 21.7. The highest BCUT2D eigenvalue weighted by Crippen LogP contribution is 2.26. The minimum absolute atomic E-state index is 0.0593. The number of anilines is 2. The number of halogens is 1. The number of carbonyl (C=O) groups excluding carboxylic acids is 2. The van der Waals surface area contributed by atoms with Crippen LogP contribution in [0, 0.1) is 11.7 Å². The lowest BCUT2D eigenvalue weighted by Gasteiger charge is -2.27. The minimum Gasteiger partial charge on any atom is -0.327 e. The average molecular weight is 293 g/mol. The molecule has 1 saturated carbocycles. The van der Waals surface area contributed by atoms with E-state index in [0.29, 0.717) is 5.69 Å². The van der Waals surface area contributed by atoms with Crippen molar-refractivity contribution in [3.8, 4) is 0 Å². The fourth-order valence-corrected chi connectivity index (χ4v) is 2.61. The van der Waals surface area contributed by atoms with Crippen LogP contribution >= 0.6 is 0 Å². The predicted octanol–water partition coefficient (Wildman–Crippen LogP) is 2.24. The zero-order valence-electron chi connectivity index (χ0n) is 12.0. The maximum atomic E-state index is 13.8. The Kier molecular flexibility index (Phi) is 4.90. The molecule has 0 saturated heterocycles. The lowest BCUT2D eigenvalue weighted by Crippen LogP contribution is -2.40. The first kappa shape index (κ1) is 15.4. The molecule has 4 N–H and O–H groups in total. The van der Waals surface area contributed by atoms with Gasteiger partial charge < -0.3 is 16.4 Å². The summed E-state index contributed by atoms with van der Waals surface area (Å²) in [5, 5.41) is 5.13. The molecule has 6 heteroatoms. The molecule has 1 aliphatic carbocycles. The average Bonchev–Trinajstić information content (AvgIpc) is 2.42. The second-order valence-corrected chi connectivity index (χ2v) is 5.42. The van der Waals surface area contributed by atoms with E-state index in [2.05, 4.69) is 10.6 Å². The predicted molar refractivity (Wildman–Crippen MR) is 79.3 cm³/mol. The number of nitrogens with one attached hydrogen (secondary N) is 2. The zero-order valence-corrected chi connectivity index (χ0v) is 12.0. The molecule has 1 fully saturated rings. The molecule has 0 spiro atoms. The smallest absolute Gasteiger partial charge is 0.229 e. The number of hydrogen-bond acceptors (Lipinski definition) is 3. The summed E-state index contributed by atoms with van der Waals surface area (Å²) in [4.78, 5) is 23.2. The van der Waals surface area contributed by atoms with Crippen molar-refractivity contribution in [2.45, 2.75) is 38.6 Å². The Morgan fingerprint density at radius 2 is 1.95 bits per heavy atom. The molecule has 0 radical (unpaired) electrons. The largest absolute Gasteiger partial charge is 0.327 e. The quantitative estimate of drug-likeness (QED) is 0.799. The Balaban J connectivity index is 2.10. The Bertz CT molecular complexity index is 548. The molecule has 5 nitrogen and oxygen atoms in total. The molecule has 2 atom stereocenters. The van der Waals surface area contributed by atoms with Gasteiger partial charge in [-0.05, 0) is 31.0 Å². The van der Waals surface area contributed by atoms with Crippen molar-refractivity contribution in [1.29, 1.82) is 0 Å². The molecule has 114 valence electrons. The van der Waals surface area contributed by atoms with Gasteiger partial charge in [-0.2, -0.15) is 0 Å². The van der Waals surface area contributed by atoms with Gasteiger partial charge in [0, 0.05) is 18.7 Å². The van der Waals surface area contributed by atoms with E-state index >= 15 is 0 Å². The van der Waals surface area contributed by atoms with Crippen molar-refractivity contribution in [3.63, 3.8) is 0 Å². The Morgan fingerprint density at radius 3 is 2.62 bits per heavy atom. The van der Waals surface area contributed by atoms with Gasteiger partial charge in [0.25, 0.3) is 0 Å². The van der Waals surface area contributed by atoms with Crippen molar-refractivity contribution in [2.24, 2.45) is 11.7 Å². The van der Waals surface area contributed by atoms with Crippen molar-refractivity contribution < 1.29 is 14.0 Å². The highest BCUT2D eigenvalue weighted by Gasteiger charge is 2.28. The van der Waals surface area contributed by atoms with Crippen molar-refractivity contribution in [3.05, 3.63) is 24.0 Å². The summed E-state index contributed by atoms with van der Waals surface area (Å²) < 4.78 is 13.8. The fraction of sp³-hybridized carbons (Fsp3) is 0.467. The molecular weight excluding hydrogens is 273 g/mol. The van der Waals surface area contributed by atoms with Crippen LogP contribution in [-0.2, 0) is 9.59 Å². The summed E-state index contributed by atoms with van der Waals surface area (Å²) in [6, 6.07) is 3.88. The highest BCUT2D eigenvalue weighted by molar-refractivity contribution is 5.95. The van der Waals surface area contributed by atoms with Gasteiger partial charge in [0.1, 0.15) is 5.82 Å². The van der Waals surface area contributed by atoms with E-state index in [4.69, 9.17) is 5.73 Å². The molecule has 2 amide bonds. The van der Waals surface area contributed by atoms with Crippen LogP contribution in [-0.4, -0.2) is 17.9 Å². The second-order valence-electron chi connectivity index (χ2n) is 5.42. The van der Waals surface area contributed by atoms with Gasteiger partial charge in [0.2, 0.25) is 11.8 Å². The van der Waals surface area contributed by atoms with Crippen molar-refractivity contribution >= 4 is 23.2 Å². The van der Waals surface area contributed by atoms with Crippen molar-refractivity contribution in [2.75, 3.05) is 10.6 Å². The zero-order chi connectivity index (χ0) is 15.4. The summed E-state index contributed by atoms with van der Waals surface area (Å²) in [6.45, 7) is 1.36. The summed E-state index contributed by atoms with van der Waals surface area (Å²) in [5.74, 6) is -1.35. The molecular formula is C15H20FN3O2. The number of rotatable bonds is 3. The first-order valence-corrected chi connectivity index (χ1v) is 7.11. The van der Waals surface area contributed by atoms with Crippen LogP contribution in [0.25, 0.3) is 0 Å². The Morgan fingerprint density at radius 1 is 1.24 bits per heavy atom. The molecule has 0 aromatic heterocycles. The van der Waals surface area contributed by atoms with E-state index in [0.717, 1.165) is 25.7 Å². The van der Waals surface area contributed by atoms with E-state index < -0.39 is 5.82 Å². The number of carbonyl (C=O) groups is 2. The monoisotopic (exact) mass is 293 g/mol. The van der Waals surface area contributed by atoms with E-state index in [9.17, 15) is 14.0 Å². The van der Waals surface area contributed by atoms with E-state index in [1.165, 1.54) is 25.1 Å². The topological polar surface area (TPSA) is 84.2 Å². The summed E-state index contributed by atoms with van der Waals surface area (Å²) in [6.07, 6.45) is 3.52. The number of amides is 2. The number of nitrogens with two attached hydrogens (primary N) is 1. The van der Waals surface area contributed by atoms with Gasteiger partial charge >= 0.3 is 0 Å². The van der Waals surface area contributed by atoms with Crippen LogP contribution in [0.5, 0.6) is 0 Å². The minimum atomic E-state index is -0.540. The number of hydrogen-bond donors (Lipinski definition) is 3. The second kappa shape index (κ2) is 6.67. The Hall–Kier alpha value is -1.95. The molecule has 0 heterocycles. The van der Waals surface area contributed by atoms with Crippen LogP contribution in [0.15, 0.2) is 18.2 Å². The lowest BCUT2D eigenvalue weighted by molar-refractivity contribution is -0.121. The maximum Gasteiger partial charge on any atom is 0.229 e. The summed E-state index contributed by atoms with van der Waals surface area (Å²) >= 11 is 0. The van der Waals surface area contributed by atoms with Crippen LogP contribution in [0.1, 0.15) is 32.6 Å². The SMILES string of the molecule is CC(=O)Nc1ccc(F)c(NC(=O)C2CCCCC2N)c1. The first-order chi connectivity index (χ1) is 9.97. The standard InChI is InChI=1S/C15H20FN3O2/c1-9(20)18-10-6-7-12(16)14(8-10)19-15(21)11-4-2-3-5-13(11)17/h6-8,11,13H,2-5,17H2,1H3,(H,18,20)(H,19,21).